The molecule has 1 aliphatic rings. The molecule has 4 heterocycles. The van der Waals surface area contributed by atoms with Crippen molar-refractivity contribution in [1.82, 2.24) is 24.9 Å². The molecular formula is C27H28FN7O3. The molecule has 5 rings (SSSR count). The molecule has 1 atom stereocenters. The summed E-state index contributed by atoms with van der Waals surface area (Å²) in [4.78, 5) is 21.8. The van der Waals surface area contributed by atoms with Gasteiger partial charge >= 0.3 is 0 Å². The molecule has 0 spiro atoms. The van der Waals surface area contributed by atoms with Gasteiger partial charge in [0.05, 0.1) is 52.6 Å². The van der Waals surface area contributed by atoms with Crippen molar-refractivity contribution in [3.05, 3.63) is 66.0 Å². The summed E-state index contributed by atoms with van der Waals surface area (Å²) in [5.41, 5.74) is 1.17. The van der Waals surface area contributed by atoms with Crippen LogP contribution in [0, 0.1) is 17.2 Å². The minimum absolute atomic E-state index is 0.0999. The van der Waals surface area contributed by atoms with Crippen LogP contribution in [0.5, 0.6) is 0 Å². The van der Waals surface area contributed by atoms with Crippen molar-refractivity contribution in [3.63, 3.8) is 0 Å². The first-order chi connectivity index (χ1) is 18.2. The van der Waals surface area contributed by atoms with Gasteiger partial charge in [0, 0.05) is 12.5 Å². The quantitative estimate of drug-likeness (QED) is 0.306. The van der Waals surface area contributed by atoms with Crippen molar-refractivity contribution in [1.29, 1.82) is 5.26 Å². The second kappa shape index (κ2) is 10.2. The Morgan fingerprint density at radius 3 is 2.84 bits per heavy atom. The van der Waals surface area contributed by atoms with Crippen molar-refractivity contribution < 1.29 is 18.7 Å². The van der Waals surface area contributed by atoms with Crippen molar-refractivity contribution >= 4 is 17.2 Å². The van der Waals surface area contributed by atoms with E-state index in [1.165, 1.54) is 26.4 Å². The number of carbonyl (C=O) groups excluding carboxylic acids is 1. The number of amides is 1. The van der Waals surface area contributed by atoms with Crippen molar-refractivity contribution in [2.75, 3.05) is 11.9 Å². The number of halogens is 1. The normalized spacial score (nSPS) is 18.0. The summed E-state index contributed by atoms with van der Waals surface area (Å²) < 4.78 is 21.3. The van der Waals surface area contributed by atoms with E-state index in [1.54, 1.807) is 28.9 Å². The summed E-state index contributed by atoms with van der Waals surface area (Å²) in [5.74, 6) is 1.15. The second-order valence-corrected chi connectivity index (χ2v) is 10.2. The monoisotopic (exact) mass is 517 g/mol. The highest BCUT2D eigenvalue weighted by molar-refractivity contribution is 5.99. The van der Waals surface area contributed by atoms with Crippen LogP contribution < -0.4 is 10.6 Å². The maximum Gasteiger partial charge on any atom is 0.255 e. The topological polar surface area (TPSA) is 141 Å². The maximum absolute atomic E-state index is 14.3. The number of alkyl halides is 1. The smallest absolute Gasteiger partial charge is 0.255 e. The van der Waals surface area contributed by atoms with Crippen molar-refractivity contribution in [3.8, 4) is 17.5 Å². The minimum atomic E-state index is -1.63. The lowest BCUT2D eigenvalue weighted by molar-refractivity contribution is -0.00177. The molecule has 38 heavy (non-hydrogen) atoms. The molecule has 1 aliphatic carbocycles. The Morgan fingerprint density at radius 2 is 2.13 bits per heavy atom. The van der Waals surface area contributed by atoms with Gasteiger partial charge in [-0.05, 0) is 62.9 Å². The number of nitrogens with one attached hydrogen (secondary N) is 2. The summed E-state index contributed by atoms with van der Waals surface area (Å²) in [6, 6.07) is 11.0. The average Bonchev–Trinajstić information content (AvgIpc) is 3.54. The van der Waals surface area contributed by atoms with Crippen LogP contribution in [0.15, 0.2) is 53.5 Å². The van der Waals surface area contributed by atoms with Crippen LogP contribution in [0.1, 0.15) is 48.4 Å². The molecule has 0 saturated heterocycles. The molecule has 4 aromatic heterocycles. The number of pyridine rings is 1. The zero-order valence-electron chi connectivity index (χ0n) is 21.1. The average molecular weight is 518 g/mol. The standard InChI is InChI=1S/C27H28FN7O3/c1-27(2,37)24(28)14-31-26(36)21-4-5-22(23-6-3-19-9-17(11-29)12-32-35(19)23)34-25(21)33-18-7-16(8-18)10-20-13-30-15-38-20/h3-6,9,12-13,15-16,18,24,37H,7-8,10,14H2,1-2H3,(H,31,36)(H,33,34). The van der Waals surface area contributed by atoms with E-state index in [9.17, 15) is 14.3 Å². The first-order valence-electron chi connectivity index (χ1n) is 12.4. The van der Waals surface area contributed by atoms with Crippen LogP contribution in [-0.4, -0.2) is 55.0 Å². The van der Waals surface area contributed by atoms with E-state index in [0.29, 0.717) is 28.7 Å². The predicted octanol–water partition coefficient (Wildman–Crippen LogP) is 3.53. The van der Waals surface area contributed by atoms with Crippen molar-refractivity contribution in [2.45, 2.75) is 50.9 Å². The number of oxazole rings is 1. The summed E-state index contributed by atoms with van der Waals surface area (Å²) in [6.07, 6.45) is 5.52. The number of rotatable bonds is 9. The van der Waals surface area contributed by atoms with E-state index >= 15 is 0 Å². The van der Waals surface area contributed by atoms with Crippen LogP contribution in [-0.2, 0) is 6.42 Å². The third-order valence-electron chi connectivity index (χ3n) is 6.79. The summed E-state index contributed by atoms with van der Waals surface area (Å²) >= 11 is 0. The molecule has 1 saturated carbocycles. The molecule has 1 unspecified atom stereocenters. The molecule has 0 bridgehead atoms. The van der Waals surface area contributed by atoms with E-state index in [0.717, 1.165) is 30.5 Å². The number of carbonyl (C=O) groups is 1. The van der Waals surface area contributed by atoms with Gasteiger partial charge in [0.1, 0.15) is 23.8 Å². The highest BCUT2D eigenvalue weighted by Gasteiger charge is 2.32. The van der Waals surface area contributed by atoms with E-state index in [4.69, 9.17) is 14.7 Å². The number of anilines is 1. The largest absolute Gasteiger partial charge is 0.449 e. The molecule has 0 aliphatic heterocycles. The molecule has 4 aromatic rings. The molecule has 1 amide bonds. The van der Waals surface area contributed by atoms with Crippen molar-refractivity contribution in [2.24, 2.45) is 5.92 Å². The first-order valence-corrected chi connectivity index (χ1v) is 12.4. The number of aliphatic hydroxyl groups is 1. The van der Waals surface area contributed by atoms with Crippen LogP contribution in [0.3, 0.4) is 0 Å². The molecule has 10 nitrogen and oxygen atoms in total. The van der Waals surface area contributed by atoms with Gasteiger partial charge in [0.2, 0.25) is 0 Å². The van der Waals surface area contributed by atoms with Gasteiger partial charge in [-0.15, -0.1) is 0 Å². The van der Waals surface area contributed by atoms with Crippen LogP contribution in [0.4, 0.5) is 10.2 Å². The van der Waals surface area contributed by atoms with E-state index in [-0.39, 0.29) is 18.2 Å². The van der Waals surface area contributed by atoms with Crippen LogP contribution in [0.2, 0.25) is 0 Å². The highest BCUT2D eigenvalue weighted by atomic mass is 19.1. The van der Waals surface area contributed by atoms with Gasteiger partial charge in [-0.2, -0.15) is 10.4 Å². The third kappa shape index (κ3) is 5.35. The lowest BCUT2D eigenvalue weighted by Gasteiger charge is -2.36. The minimum Gasteiger partial charge on any atom is -0.449 e. The number of hydrogen-bond acceptors (Lipinski definition) is 8. The first kappa shape index (κ1) is 25.4. The van der Waals surface area contributed by atoms with E-state index < -0.39 is 17.7 Å². The Kier molecular flexibility index (Phi) is 6.82. The Balaban J connectivity index is 1.38. The predicted molar refractivity (Wildman–Crippen MR) is 137 cm³/mol. The summed E-state index contributed by atoms with van der Waals surface area (Å²) in [5, 5.41) is 29.3. The zero-order chi connectivity index (χ0) is 26.9. The maximum atomic E-state index is 14.3. The van der Waals surface area contributed by atoms with E-state index in [1.807, 2.05) is 12.1 Å². The fourth-order valence-electron chi connectivity index (χ4n) is 4.52. The van der Waals surface area contributed by atoms with Crippen LogP contribution >= 0.6 is 0 Å². The Hall–Kier alpha value is -4.30. The van der Waals surface area contributed by atoms with Gasteiger partial charge in [-0.3, -0.25) is 4.79 Å². The van der Waals surface area contributed by atoms with Gasteiger partial charge in [0.15, 0.2) is 6.39 Å². The molecule has 0 radical (unpaired) electrons. The highest BCUT2D eigenvalue weighted by Crippen LogP contribution is 2.34. The summed E-state index contributed by atoms with van der Waals surface area (Å²) in [6.45, 7) is 2.38. The molecule has 3 N–H and O–H groups in total. The molecule has 1 fully saturated rings. The fourth-order valence-corrected chi connectivity index (χ4v) is 4.52. The van der Waals surface area contributed by atoms with Gasteiger partial charge in [0.25, 0.3) is 5.91 Å². The number of nitrogens with zero attached hydrogens (tertiary/aromatic N) is 5. The molecular weight excluding hydrogens is 489 g/mol. The third-order valence-corrected chi connectivity index (χ3v) is 6.79. The molecule has 0 aromatic carbocycles. The molecule has 196 valence electrons. The van der Waals surface area contributed by atoms with Crippen LogP contribution in [0.25, 0.3) is 16.9 Å². The number of fused-ring (bicyclic) bond motifs is 1. The fraction of sp³-hybridized carbons (Fsp3) is 0.370. The Bertz CT molecular complexity index is 1480. The lowest BCUT2D eigenvalue weighted by Crippen LogP contribution is -2.42. The van der Waals surface area contributed by atoms with E-state index in [2.05, 4.69) is 26.8 Å². The summed E-state index contributed by atoms with van der Waals surface area (Å²) in [7, 11) is 0. The van der Waals surface area contributed by atoms with Gasteiger partial charge in [-0.1, -0.05) is 0 Å². The number of nitriles is 1. The van der Waals surface area contributed by atoms with Gasteiger partial charge in [-0.25, -0.2) is 18.9 Å². The Labute approximate surface area is 218 Å². The molecule has 11 heteroatoms. The second-order valence-electron chi connectivity index (χ2n) is 10.2. The number of hydrogen-bond donors (Lipinski definition) is 3. The van der Waals surface area contributed by atoms with Gasteiger partial charge < -0.3 is 20.2 Å². The Morgan fingerprint density at radius 1 is 1.32 bits per heavy atom. The lowest BCUT2D eigenvalue weighted by atomic mass is 9.77. The number of aromatic nitrogens is 4. The SMILES string of the molecule is CC(C)(O)C(F)CNC(=O)c1ccc(-c2ccc3cc(C#N)cnn23)nc1NC1CC(Cc2cnco2)C1. The zero-order valence-corrected chi connectivity index (χ0v) is 21.1.